The quantitative estimate of drug-likeness (QED) is 0.751. The molecule has 2 heterocycles. The summed E-state index contributed by atoms with van der Waals surface area (Å²) in [6, 6.07) is 1.10. The van der Waals surface area contributed by atoms with Gasteiger partial charge in [0.1, 0.15) is 5.78 Å². The first-order chi connectivity index (χ1) is 8.58. The number of hydrogen-bond acceptors (Lipinski definition) is 3. The van der Waals surface area contributed by atoms with Gasteiger partial charge in [0.05, 0.1) is 12.7 Å². The maximum absolute atomic E-state index is 11.6. The van der Waals surface area contributed by atoms with Crippen molar-refractivity contribution in [3.05, 3.63) is 0 Å². The van der Waals surface area contributed by atoms with Crippen LogP contribution in [0.25, 0.3) is 0 Å². The minimum Gasteiger partial charge on any atom is -0.378 e. The minimum atomic E-state index is 0.335. The van der Waals surface area contributed by atoms with E-state index in [1.54, 1.807) is 0 Å². The Morgan fingerprint density at radius 1 is 1.28 bits per heavy atom. The highest BCUT2D eigenvalue weighted by Gasteiger charge is 2.49. The zero-order valence-electron chi connectivity index (χ0n) is 11.7. The van der Waals surface area contributed by atoms with Gasteiger partial charge < -0.3 is 4.74 Å². The van der Waals surface area contributed by atoms with Gasteiger partial charge in [0.2, 0.25) is 0 Å². The third-order valence-electron chi connectivity index (χ3n) is 4.90. The van der Waals surface area contributed by atoms with E-state index in [-0.39, 0.29) is 0 Å². The lowest BCUT2D eigenvalue weighted by Crippen LogP contribution is -2.46. The number of rotatable bonds is 5. The second kappa shape index (κ2) is 4.61. The summed E-state index contributed by atoms with van der Waals surface area (Å²) in [5.41, 5.74) is 0.422. The summed E-state index contributed by atoms with van der Waals surface area (Å²) in [7, 11) is 0. The Hall–Kier alpha value is -0.410. The Morgan fingerprint density at radius 2 is 1.89 bits per heavy atom. The third-order valence-corrected chi connectivity index (χ3v) is 4.90. The van der Waals surface area contributed by atoms with Gasteiger partial charge in [-0.2, -0.15) is 0 Å². The van der Waals surface area contributed by atoms with Crippen LogP contribution in [0.15, 0.2) is 0 Å². The van der Waals surface area contributed by atoms with E-state index in [9.17, 15) is 4.79 Å². The van der Waals surface area contributed by atoms with Crippen molar-refractivity contribution in [2.24, 2.45) is 5.41 Å². The molecule has 2 bridgehead atoms. The number of Topliss-reactive ketones (excluding diaryl/α,β-unsaturated/α-hetero) is 1. The van der Waals surface area contributed by atoms with E-state index >= 15 is 0 Å². The molecular weight excluding hydrogens is 226 g/mol. The van der Waals surface area contributed by atoms with Crippen LogP contribution in [0.3, 0.4) is 0 Å². The summed E-state index contributed by atoms with van der Waals surface area (Å²) in [4.78, 5) is 14.3. The molecule has 1 saturated carbocycles. The normalized spacial score (nSPS) is 34.3. The maximum atomic E-state index is 11.6. The smallest absolute Gasteiger partial charge is 0.136 e. The van der Waals surface area contributed by atoms with Gasteiger partial charge in [-0.3, -0.25) is 9.69 Å². The van der Waals surface area contributed by atoms with Gasteiger partial charge in [-0.25, -0.2) is 0 Å². The maximum Gasteiger partial charge on any atom is 0.136 e. The van der Waals surface area contributed by atoms with E-state index in [0.717, 1.165) is 19.4 Å². The van der Waals surface area contributed by atoms with Crippen LogP contribution in [0, 0.1) is 5.41 Å². The molecule has 3 heteroatoms. The highest BCUT2D eigenvalue weighted by Crippen LogP contribution is 2.49. The molecule has 2 atom stereocenters. The number of nitrogens with zero attached hydrogens (tertiary/aromatic N) is 1. The summed E-state index contributed by atoms with van der Waals surface area (Å²) in [5.74, 6) is 0.488. The molecule has 0 aromatic carbocycles. The molecule has 102 valence electrons. The third kappa shape index (κ3) is 2.48. The first kappa shape index (κ1) is 12.6. The molecule has 2 aliphatic heterocycles. The minimum absolute atomic E-state index is 0.335. The van der Waals surface area contributed by atoms with E-state index in [1.807, 2.05) is 0 Å². The summed E-state index contributed by atoms with van der Waals surface area (Å²) < 4.78 is 5.83. The molecule has 0 aromatic rings. The van der Waals surface area contributed by atoms with Crippen molar-refractivity contribution >= 4 is 5.78 Å². The van der Waals surface area contributed by atoms with E-state index in [0.29, 0.717) is 29.4 Å². The van der Waals surface area contributed by atoms with Crippen LogP contribution in [-0.4, -0.2) is 42.0 Å². The van der Waals surface area contributed by atoms with Crippen LogP contribution >= 0.6 is 0 Å². The Labute approximate surface area is 110 Å². The van der Waals surface area contributed by atoms with Gasteiger partial charge in [0.15, 0.2) is 0 Å². The molecule has 2 unspecified atom stereocenters. The summed E-state index contributed by atoms with van der Waals surface area (Å²) in [6.07, 6.45) is 7.03. The molecule has 0 N–H and O–H groups in total. The Morgan fingerprint density at radius 3 is 2.39 bits per heavy atom. The first-order valence-electron chi connectivity index (χ1n) is 7.47. The van der Waals surface area contributed by atoms with Crippen LogP contribution in [-0.2, 0) is 9.53 Å². The number of carbonyl (C=O) groups is 1. The van der Waals surface area contributed by atoms with Gasteiger partial charge in [0.25, 0.3) is 0 Å². The molecule has 0 amide bonds. The largest absolute Gasteiger partial charge is 0.378 e. The molecule has 0 aromatic heterocycles. The highest BCUT2D eigenvalue weighted by atomic mass is 16.5. The number of piperidine rings is 1. The molecular formula is C15H25NO2. The number of ether oxygens (including phenoxy) is 1. The molecule has 3 fully saturated rings. The average Bonchev–Trinajstić information content (AvgIpc) is 3.02. The van der Waals surface area contributed by atoms with Gasteiger partial charge >= 0.3 is 0 Å². The summed E-state index contributed by atoms with van der Waals surface area (Å²) >= 11 is 0. The fraction of sp³-hybridized carbons (Fsp3) is 0.933. The van der Waals surface area contributed by atoms with Crippen molar-refractivity contribution in [2.45, 2.75) is 70.6 Å². The van der Waals surface area contributed by atoms with Crippen molar-refractivity contribution < 1.29 is 9.53 Å². The van der Waals surface area contributed by atoms with Crippen LogP contribution in [0.4, 0.5) is 0 Å². The van der Waals surface area contributed by atoms with E-state index in [2.05, 4.69) is 18.7 Å². The summed E-state index contributed by atoms with van der Waals surface area (Å²) in [5, 5.41) is 0. The van der Waals surface area contributed by atoms with Crippen molar-refractivity contribution in [2.75, 3.05) is 13.2 Å². The fourth-order valence-electron chi connectivity index (χ4n) is 3.58. The Balaban J connectivity index is 1.58. The molecule has 2 saturated heterocycles. The molecule has 18 heavy (non-hydrogen) atoms. The molecule has 3 aliphatic rings. The van der Waals surface area contributed by atoms with Gasteiger partial charge in [-0.05, 0) is 39.5 Å². The lowest BCUT2D eigenvalue weighted by atomic mass is 9.98. The monoisotopic (exact) mass is 251 g/mol. The van der Waals surface area contributed by atoms with Crippen molar-refractivity contribution in [3.8, 4) is 0 Å². The second-order valence-corrected chi connectivity index (χ2v) is 6.86. The molecule has 3 nitrogen and oxygen atoms in total. The first-order valence-corrected chi connectivity index (χ1v) is 7.47. The standard InChI is InChI=1S/C15H25NO2/c1-11(2)18-10-15(5-6-15)9-16-12-3-4-13(16)8-14(17)7-12/h11-13H,3-10H2,1-2H3. The average molecular weight is 251 g/mol. The zero-order chi connectivity index (χ0) is 12.8. The van der Waals surface area contributed by atoms with Crippen molar-refractivity contribution in [1.82, 2.24) is 4.90 Å². The number of ketones is 1. The second-order valence-electron chi connectivity index (χ2n) is 6.86. The fourth-order valence-corrected chi connectivity index (χ4v) is 3.58. The molecule has 0 spiro atoms. The zero-order valence-corrected chi connectivity index (χ0v) is 11.7. The summed E-state index contributed by atoms with van der Waals surface area (Å²) in [6.45, 7) is 6.30. The van der Waals surface area contributed by atoms with Gasteiger partial charge in [-0.1, -0.05) is 0 Å². The predicted molar refractivity (Wildman–Crippen MR) is 70.5 cm³/mol. The van der Waals surface area contributed by atoms with Crippen molar-refractivity contribution in [1.29, 1.82) is 0 Å². The van der Waals surface area contributed by atoms with Gasteiger partial charge in [-0.15, -0.1) is 0 Å². The number of carbonyl (C=O) groups excluding carboxylic acids is 1. The van der Waals surface area contributed by atoms with Crippen LogP contribution in [0.1, 0.15) is 52.4 Å². The topological polar surface area (TPSA) is 29.5 Å². The SMILES string of the molecule is CC(C)OCC1(CN2C3CCC2CC(=O)C3)CC1. The Bertz CT molecular complexity index is 319. The lowest BCUT2D eigenvalue weighted by molar-refractivity contribution is -0.124. The molecule has 0 radical (unpaired) electrons. The van der Waals surface area contributed by atoms with Crippen molar-refractivity contribution in [3.63, 3.8) is 0 Å². The van der Waals surface area contributed by atoms with E-state index < -0.39 is 0 Å². The number of hydrogen-bond donors (Lipinski definition) is 0. The van der Waals surface area contributed by atoms with E-state index in [1.165, 1.54) is 32.2 Å². The Kier molecular flexibility index (Phi) is 3.23. The molecule has 3 rings (SSSR count). The van der Waals surface area contributed by atoms with Crippen LogP contribution in [0.5, 0.6) is 0 Å². The van der Waals surface area contributed by atoms with Crippen LogP contribution < -0.4 is 0 Å². The lowest BCUT2D eigenvalue weighted by Gasteiger charge is -2.36. The predicted octanol–water partition coefficient (Wildman–Crippen LogP) is 2.39. The number of fused-ring (bicyclic) bond motifs is 2. The molecule has 1 aliphatic carbocycles. The van der Waals surface area contributed by atoms with Crippen LogP contribution in [0.2, 0.25) is 0 Å². The highest BCUT2D eigenvalue weighted by molar-refractivity contribution is 5.80. The van der Waals surface area contributed by atoms with E-state index in [4.69, 9.17) is 4.74 Å². The van der Waals surface area contributed by atoms with Gasteiger partial charge in [0, 0.05) is 36.9 Å².